The average Bonchev–Trinajstić information content (AvgIpc) is 3.08. The van der Waals surface area contributed by atoms with Crippen molar-refractivity contribution in [2.75, 3.05) is 11.9 Å². The third-order valence-electron chi connectivity index (χ3n) is 6.16. The zero-order chi connectivity index (χ0) is 18.5. The van der Waals surface area contributed by atoms with Crippen LogP contribution in [0.5, 0.6) is 0 Å². The topological polar surface area (TPSA) is 6.25 Å². The number of anilines is 1. The van der Waals surface area contributed by atoms with Gasteiger partial charge in [-0.25, -0.2) is 0 Å². The Labute approximate surface area is 157 Å². The summed E-state index contributed by atoms with van der Waals surface area (Å²) in [6, 6.07) is 18.2. The molecule has 4 rings (SSSR count). The molecule has 2 heterocycles. The zero-order valence-electron chi connectivity index (χ0n) is 16.6. The maximum atomic E-state index is 2.50. The van der Waals surface area contributed by atoms with Crippen molar-refractivity contribution in [1.82, 2.24) is 0 Å². The van der Waals surface area contributed by atoms with Gasteiger partial charge in [-0.15, -0.1) is 0 Å². The summed E-state index contributed by atoms with van der Waals surface area (Å²) in [4.78, 5) is 2.38. The van der Waals surface area contributed by atoms with Crippen LogP contribution >= 0.6 is 0 Å². The van der Waals surface area contributed by atoms with E-state index in [1.807, 2.05) is 0 Å². The molecule has 0 fully saturated rings. The summed E-state index contributed by atoms with van der Waals surface area (Å²) in [5.41, 5.74) is 8.35. The molecule has 2 aromatic carbocycles. The molecule has 2 nitrogen and oxygen atoms in total. The van der Waals surface area contributed by atoms with E-state index in [2.05, 4.69) is 99.0 Å². The van der Waals surface area contributed by atoms with Gasteiger partial charge >= 0.3 is 0 Å². The van der Waals surface area contributed by atoms with Gasteiger partial charge < -0.3 is 4.90 Å². The molecule has 0 amide bonds. The van der Waals surface area contributed by atoms with E-state index < -0.39 is 0 Å². The first-order chi connectivity index (χ1) is 12.4. The molecular formula is C24H29N2+. The fraction of sp³-hybridized carbons (Fsp3) is 0.375. The molecule has 0 aliphatic carbocycles. The van der Waals surface area contributed by atoms with Crippen molar-refractivity contribution in [3.63, 3.8) is 0 Å². The molecule has 26 heavy (non-hydrogen) atoms. The van der Waals surface area contributed by atoms with Crippen LogP contribution in [0.3, 0.4) is 0 Å². The highest BCUT2D eigenvalue weighted by Gasteiger charge is 2.40. The number of likely N-dealkylation sites (N-methyl/N-ethyl adjacent to an activating group) is 1. The summed E-state index contributed by atoms with van der Waals surface area (Å²) in [5, 5.41) is 0. The predicted molar refractivity (Wildman–Crippen MR) is 111 cm³/mol. The third-order valence-corrected chi connectivity index (χ3v) is 6.16. The lowest BCUT2D eigenvalue weighted by Gasteiger charge is -2.25. The standard InChI is InChI=1S/C24H29N2/c1-6-19-15-18-11-7-9-13-21(18)26(19)16-17(2)23-24(3,4)20-12-8-10-14-22(20)25(23)5/h7-14,16,19H,6,15H2,1-5H3/q+1. The molecule has 1 unspecified atom stereocenters. The van der Waals surface area contributed by atoms with Gasteiger partial charge in [-0.2, -0.15) is 4.58 Å². The van der Waals surface area contributed by atoms with Gasteiger partial charge in [0.05, 0.1) is 0 Å². The van der Waals surface area contributed by atoms with Crippen LogP contribution in [-0.2, 0) is 11.8 Å². The van der Waals surface area contributed by atoms with E-state index in [9.17, 15) is 0 Å². The molecule has 0 bridgehead atoms. The van der Waals surface area contributed by atoms with E-state index >= 15 is 0 Å². The summed E-state index contributed by atoms with van der Waals surface area (Å²) in [7, 11) is 2.20. The highest BCUT2D eigenvalue weighted by Crippen LogP contribution is 2.47. The van der Waals surface area contributed by atoms with Gasteiger partial charge in [0.2, 0.25) is 5.69 Å². The van der Waals surface area contributed by atoms with Crippen LogP contribution in [0.1, 0.15) is 45.2 Å². The Morgan fingerprint density at radius 1 is 1.15 bits per heavy atom. The monoisotopic (exact) mass is 345 g/mol. The minimum atomic E-state index is 0.0207. The normalized spacial score (nSPS) is 24.0. The quantitative estimate of drug-likeness (QED) is 0.657. The van der Waals surface area contributed by atoms with Crippen LogP contribution in [0.4, 0.5) is 11.4 Å². The first-order valence-electron chi connectivity index (χ1n) is 9.70. The van der Waals surface area contributed by atoms with Gasteiger partial charge in [-0.05, 0) is 18.6 Å². The molecule has 0 N–H and O–H groups in total. The second-order valence-corrected chi connectivity index (χ2v) is 8.16. The van der Waals surface area contributed by atoms with Crippen LogP contribution in [0.2, 0.25) is 0 Å². The van der Waals surface area contributed by atoms with Crippen LogP contribution in [-0.4, -0.2) is 23.9 Å². The molecule has 2 heteroatoms. The molecular weight excluding hydrogens is 316 g/mol. The SMILES string of the molecule is CCC1Cc2ccccc2[N+]1=CC(C)=C1N(C)c2ccccc2C1(C)C. The fourth-order valence-corrected chi connectivity index (χ4v) is 4.99. The minimum Gasteiger partial charge on any atom is -0.347 e. The number of rotatable bonds is 2. The van der Waals surface area contributed by atoms with E-state index in [0.29, 0.717) is 6.04 Å². The van der Waals surface area contributed by atoms with Crippen molar-refractivity contribution in [2.45, 2.75) is 52.0 Å². The number of benzene rings is 2. The molecule has 0 radical (unpaired) electrons. The van der Waals surface area contributed by atoms with Gasteiger partial charge in [-0.3, -0.25) is 0 Å². The summed E-state index contributed by atoms with van der Waals surface area (Å²) >= 11 is 0. The molecule has 2 aromatic rings. The summed E-state index contributed by atoms with van der Waals surface area (Å²) in [6.07, 6.45) is 4.69. The Morgan fingerprint density at radius 2 is 1.85 bits per heavy atom. The molecule has 2 aliphatic rings. The van der Waals surface area contributed by atoms with Gasteiger partial charge in [-0.1, -0.05) is 57.2 Å². The van der Waals surface area contributed by atoms with Crippen molar-refractivity contribution >= 4 is 17.6 Å². The lowest BCUT2D eigenvalue weighted by molar-refractivity contribution is -0.469. The summed E-state index contributed by atoms with van der Waals surface area (Å²) in [6.45, 7) is 9.25. The molecule has 1 atom stereocenters. The van der Waals surface area contributed by atoms with E-state index in [1.165, 1.54) is 33.8 Å². The number of hydrogen-bond donors (Lipinski definition) is 0. The Kier molecular flexibility index (Phi) is 4.02. The zero-order valence-corrected chi connectivity index (χ0v) is 16.6. The maximum absolute atomic E-state index is 2.50. The number of nitrogens with zero attached hydrogens (tertiary/aromatic N) is 2. The summed E-state index contributed by atoms with van der Waals surface area (Å²) < 4.78 is 2.50. The van der Waals surface area contributed by atoms with Gasteiger partial charge in [0.15, 0.2) is 12.3 Å². The van der Waals surface area contributed by atoms with Crippen molar-refractivity contribution in [3.8, 4) is 0 Å². The Hall–Kier alpha value is -2.35. The third kappa shape index (κ3) is 2.43. The first-order valence-corrected chi connectivity index (χ1v) is 9.70. The van der Waals surface area contributed by atoms with E-state index in [0.717, 1.165) is 12.8 Å². The van der Waals surface area contributed by atoms with Crippen LogP contribution in [0.25, 0.3) is 0 Å². The fourth-order valence-electron chi connectivity index (χ4n) is 4.99. The Morgan fingerprint density at radius 3 is 2.58 bits per heavy atom. The van der Waals surface area contributed by atoms with Crippen LogP contribution in [0.15, 0.2) is 59.8 Å². The highest BCUT2D eigenvalue weighted by atomic mass is 15.2. The number of para-hydroxylation sites is 2. The molecule has 134 valence electrons. The molecule has 0 spiro atoms. The van der Waals surface area contributed by atoms with Gasteiger partial charge in [0, 0.05) is 53.9 Å². The van der Waals surface area contributed by atoms with Crippen molar-refractivity contribution in [2.24, 2.45) is 0 Å². The lowest BCUT2D eigenvalue weighted by atomic mass is 9.82. The summed E-state index contributed by atoms with van der Waals surface area (Å²) in [5.74, 6) is 0. The van der Waals surface area contributed by atoms with Gasteiger partial charge in [0.25, 0.3) is 0 Å². The second-order valence-electron chi connectivity index (χ2n) is 8.16. The molecule has 0 saturated heterocycles. The van der Waals surface area contributed by atoms with Crippen molar-refractivity contribution in [3.05, 3.63) is 70.9 Å². The van der Waals surface area contributed by atoms with E-state index in [-0.39, 0.29) is 5.41 Å². The Bertz CT molecular complexity index is 917. The van der Waals surface area contributed by atoms with E-state index in [1.54, 1.807) is 0 Å². The van der Waals surface area contributed by atoms with Crippen LogP contribution < -0.4 is 4.90 Å². The van der Waals surface area contributed by atoms with Gasteiger partial charge in [0.1, 0.15) is 0 Å². The average molecular weight is 346 g/mol. The number of allylic oxidation sites excluding steroid dienone is 2. The Balaban J connectivity index is 1.85. The van der Waals surface area contributed by atoms with Crippen LogP contribution in [0, 0.1) is 0 Å². The first kappa shape index (κ1) is 17.1. The smallest absolute Gasteiger partial charge is 0.208 e. The minimum absolute atomic E-state index is 0.0207. The number of fused-ring (bicyclic) bond motifs is 2. The molecule has 2 aliphatic heterocycles. The van der Waals surface area contributed by atoms with Crippen molar-refractivity contribution in [1.29, 1.82) is 0 Å². The highest BCUT2D eigenvalue weighted by molar-refractivity contribution is 5.82. The second kappa shape index (κ2) is 6.12. The maximum Gasteiger partial charge on any atom is 0.208 e. The predicted octanol–water partition coefficient (Wildman–Crippen LogP) is 5.44. The van der Waals surface area contributed by atoms with Crippen molar-refractivity contribution < 1.29 is 4.58 Å². The lowest BCUT2D eigenvalue weighted by Crippen LogP contribution is -2.26. The van der Waals surface area contributed by atoms with E-state index in [4.69, 9.17) is 0 Å². The largest absolute Gasteiger partial charge is 0.347 e. The molecule has 0 aromatic heterocycles. The molecule has 0 saturated carbocycles. The number of hydrogen-bond acceptors (Lipinski definition) is 1.